The highest BCUT2D eigenvalue weighted by Gasteiger charge is 2.30. The van der Waals surface area contributed by atoms with Crippen molar-refractivity contribution in [2.45, 2.75) is 32.7 Å². The number of ether oxygens (including phenoxy) is 1. The van der Waals surface area contributed by atoms with Crippen LogP contribution in [0.4, 0.5) is 0 Å². The highest BCUT2D eigenvalue weighted by Crippen LogP contribution is 2.35. The van der Waals surface area contributed by atoms with Crippen LogP contribution in [0.3, 0.4) is 0 Å². The molecule has 0 bridgehead atoms. The maximum Gasteiger partial charge on any atom is 0.261 e. The van der Waals surface area contributed by atoms with E-state index in [2.05, 4.69) is 34.3 Å². The van der Waals surface area contributed by atoms with Gasteiger partial charge in [-0.05, 0) is 70.4 Å². The van der Waals surface area contributed by atoms with Gasteiger partial charge >= 0.3 is 0 Å². The van der Waals surface area contributed by atoms with E-state index in [1.165, 1.54) is 10.4 Å². The fraction of sp³-hybridized carbons (Fsp3) is 0.389. The Morgan fingerprint density at radius 3 is 3.00 bits per heavy atom. The zero-order valence-electron chi connectivity index (χ0n) is 13.3. The lowest BCUT2D eigenvalue weighted by Crippen LogP contribution is -2.41. The van der Waals surface area contributed by atoms with Crippen molar-refractivity contribution in [3.8, 4) is 5.75 Å². The molecule has 1 unspecified atom stereocenters. The van der Waals surface area contributed by atoms with Crippen LogP contribution in [-0.2, 0) is 11.2 Å². The Balaban J connectivity index is 1.68. The third kappa shape index (κ3) is 3.45. The lowest BCUT2D eigenvalue weighted by atomic mass is 9.98. The summed E-state index contributed by atoms with van der Waals surface area (Å²) in [6.07, 6.45) is 1.88. The van der Waals surface area contributed by atoms with Gasteiger partial charge in [-0.25, -0.2) is 0 Å². The summed E-state index contributed by atoms with van der Waals surface area (Å²) < 4.78 is 6.62. The fourth-order valence-corrected chi connectivity index (χ4v) is 4.62. The summed E-state index contributed by atoms with van der Waals surface area (Å²) in [5.74, 6) is 0.770. The number of hydrogen-bond acceptors (Lipinski definition) is 3. The first-order valence-electron chi connectivity index (χ1n) is 7.84. The van der Waals surface area contributed by atoms with Crippen LogP contribution in [0, 0.1) is 6.92 Å². The number of hydrogen-bond donors (Lipinski definition) is 0. The second-order valence-corrected chi connectivity index (χ2v) is 7.64. The third-order valence-electron chi connectivity index (χ3n) is 4.24. The summed E-state index contributed by atoms with van der Waals surface area (Å²) in [6.45, 7) is 5.02. The highest BCUT2D eigenvalue weighted by atomic mass is 79.9. The first-order chi connectivity index (χ1) is 11.1. The predicted octanol–water partition coefficient (Wildman–Crippen LogP) is 4.73. The van der Waals surface area contributed by atoms with Gasteiger partial charge < -0.3 is 9.64 Å². The molecule has 5 heteroatoms. The second-order valence-electron chi connectivity index (χ2n) is 5.78. The van der Waals surface area contributed by atoms with Crippen LogP contribution in [0.25, 0.3) is 0 Å². The summed E-state index contributed by atoms with van der Waals surface area (Å²) in [7, 11) is 0. The van der Waals surface area contributed by atoms with Gasteiger partial charge in [0, 0.05) is 11.4 Å². The first-order valence-corrected chi connectivity index (χ1v) is 9.52. The topological polar surface area (TPSA) is 29.5 Å². The highest BCUT2D eigenvalue weighted by molar-refractivity contribution is 9.10. The molecule has 1 amide bonds. The van der Waals surface area contributed by atoms with E-state index in [1.54, 1.807) is 11.3 Å². The van der Waals surface area contributed by atoms with E-state index in [0.717, 1.165) is 29.4 Å². The zero-order chi connectivity index (χ0) is 16.4. The predicted molar refractivity (Wildman–Crippen MR) is 97.1 cm³/mol. The number of thiophene rings is 1. The molecular weight excluding hydrogens is 374 g/mol. The largest absolute Gasteiger partial charge is 0.483 e. The van der Waals surface area contributed by atoms with Crippen molar-refractivity contribution in [3.63, 3.8) is 0 Å². The smallest absolute Gasteiger partial charge is 0.261 e. The molecule has 3 nitrogen and oxygen atoms in total. The van der Waals surface area contributed by atoms with Gasteiger partial charge in [-0.15, -0.1) is 11.3 Å². The molecular formula is C18H20BrNO2S. The summed E-state index contributed by atoms with van der Waals surface area (Å²) in [5.41, 5.74) is 2.47. The Hall–Kier alpha value is -1.33. The van der Waals surface area contributed by atoms with Crippen LogP contribution in [0.5, 0.6) is 5.75 Å². The molecule has 0 saturated heterocycles. The number of carbonyl (C=O) groups excluding carboxylic acids is 1. The van der Waals surface area contributed by atoms with Crippen LogP contribution >= 0.6 is 27.3 Å². The lowest BCUT2D eigenvalue weighted by molar-refractivity contribution is -0.136. The number of carbonyl (C=O) groups is 1. The van der Waals surface area contributed by atoms with Gasteiger partial charge in [0.15, 0.2) is 6.61 Å². The molecule has 0 spiro atoms. The Bertz CT molecular complexity index is 713. The van der Waals surface area contributed by atoms with E-state index in [-0.39, 0.29) is 18.6 Å². The van der Waals surface area contributed by atoms with Gasteiger partial charge in [0.1, 0.15) is 5.75 Å². The number of nitrogens with zero attached hydrogens (tertiary/aromatic N) is 1. The van der Waals surface area contributed by atoms with E-state index < -0.39 is 0 Å². The van der Waals surface area contributed by atoms with Crippen molar-refractivity contribution in [2.24, 2.45) is 0 Å². The van der Waals surface area contributed by atoms with Crippen molar-refractivity contribution in [3.05, 3.63) is 50.1 Å². The van der Waals surface area contributed by atoms with E-state index in [9.17, 15) is 4.79 Å². The van der Waals surface area contributed by atoms with E-state index >= 15 is 0 Å². The van der Waals surface area contributed by atoms with Crippen molar-refractivity contribution < 1.29 is 9.53 Å². The number of benzene rings is 1. The quantitative estimate of drug-likeness (QED) is 0.750. The van der Waals surface area contributed by atoms with Gasteiger partial charge in [-0.2, -0.15) is 0 Å². The second kappa shape index (κ2) is 7.05. The molecule has 1 aliphatic heterocycles. The van der Waals surface area contributed by atoms with Crippen LogP contribution < -0.4 is 4.74 Å². The minimum absolute atomic E-state index is 0.0566. The number of rotatable bonds is 4. The van der Waals surface area contributed by atoms with E-state index in [4.69, 9.17) is 4.74 Å². The van der Waals surface area contributed by atoms with E-state index in [1.807, 2.05) is 30.0 Å². The standard InChI is InChI=1S/C18H20BrNO2S/c1-3-15-13-7-9-23-17(13)6-8-20(15)18(21)11-22-16-5-4-12(2)10-14(16)19/h4-5,7,9-10,15H,3,6,8,11H2,1-2H3. The number of aryl methyl sites for hydroxylation is 1. The normalized spacial score (nSPS) is 17.0. The van der Waals surface area contributed by atoms with Crippen LogP contribution in [0.15, 0.2) is 34.1 Å². The Morgan fingerprint density at radius 2 is 2.26 bits per heavy atom. The molecule has 1 aromatic heterocycles. The Labute approximate surface area is 149 Å². The van der Waals surface area contributed by atoms with Gasteiger partial charge in [0.2, 0.25) is 0 Å². The molecule has 1 aromatic carbocycles. The molecule has 122 valence electrons. The molecule has 3 rings (SSSR count). The molecule has 1 atom stereocenters. The molecule has 23 heavy (non-hydrogen) atoms. The molecule has 0 saturated carbocycles. The van der Waals surface area contributed by atoms with Gasteiger partial charge in [-0.3, -0.25) is 4.79 Å². The minimum atomic E-state index is 0.0566. The van der Waals surface area contributed by atoms with Crippen LogP contribution in [0.2, 0.25) is 0 Å². The SMILES string of the molecule is CCC1c2ccsc2CCN1C(=O)COc1ccc(C)cc1Br. The average Bonchev–Trinajstić information content (AvgIpc) is 3.01. The van der Waals surface area contributed by atoms with Crippen LogP contribution in [0.1, 0.15) is 35.4 Å². The Morgan fingerprint density at radius 1 is 1.43 bits per heavy atom. The minimum Gasteiger partial charge on any atom is -0.483 e. The van der Waals surface area contributed by atoms with Gasteiger partial charge in [-0.1, -0.05) is 13.0 Å². The van der Waals surface area contributed by atoms with Crippen molar-refractivity contribution in [2.75, 3.05) is 13.2 Å². The molecule has 2 aromatic rings. The molecule has 0 aliphatic carbocycles. The maximum absolute atomic E-state index is 12.6. The first kappa shape index (κ1) is 16.5. The third-order valence-corrected chi connectivity index (χ3v) is 5.86. The van der Waals surface area contributed by atoms with Crippen LogP contribution in [-0.4, -0.2) is 24.0 Å². The summed E-state index contributed by atoms with van der Waals surface area (Å²) in [6, 6.07) is 8.22. The molecule has 0 N–H and O–H groups in total. The summed E-state index contributed by atoms with van der Waals surface area (Å²) in [5, 5.41) is 2.13. The number of halogens is 1. The Kier molecular flexibility index (Phi) is 5.07. The van der Waals surface area contributed by atoms with E-state index in [0.29, 0.717) is 5.75 Å². The molecule has 0 fully saturated rings. The monoisotopic (exact) mass is 393 g/mol. The fourth-order valence-electron chi connectivity index (χ4n) is 3.08. The number of fused-ring (bicyclic) bond motifs is 1. The molecule has 1 aliphatic rings. The van der Waals surface area contributed by atoms with Crippen molar-refractivity contribution in [1.29, 1.82) is 0 Å². The maximum atomic E-state index is 12.6. The van der Waals surface area contributed by atoms with Gasteiger partial charge in [0.05, 0.1) is 10.5 Å². The average molecular weight is 394 g/mol. The summed E-state index contributed by atoms with van der Waals surface area (Å²) >= 11 is 5.28. The zero-order valence-corrected chi connectivity index (χ0v) is 15.7. The molecule has 0 radical (unpaired) electrons. The molecule has 2 heterocycles. The lowest BCUT2D eigenvalue weighted by Gasteiger charge is -2.35. The van der Waals surface area contributed by atoms with Gasteiger partial charge in [0.25, 0.3) is 5.91 Å². The van der Waals surface area contributed by atoms with Crippen molar-refractivity contribution in [1.82, 2.24) is 4.90 Å². The summed E-state index contributed by atoms with van der Waals surface area (Å²) in [4.78, 5) is 16.0. The number of amides is 1. The van der Waals surface area contributed by atoms with Crippen molar-refractivity contribution >= 4 is 33.2 Å².